The monoisotopic (exact) mass is 284 g/mol. The first-order valence-corrected chi connectivity index (χ1v) is 7.90. The summed E-state index contributed by atoms with van der Waals surface area (Å²) in [7, 11) is -3.57. The number of aromatic nitrogens is 1. The van der Waals surface area contributed by atoms with Gasteiger partial charge >= 0.3 is 10.2 Å². The summed E-state index contributed by atoms with van der Waals surface area (Å²) in [6, 6.07) is 5.13. The van der Waals surface area contributed by atoms with E-state index in [9.17, 15) is 8.42 Å². The Hall–Kier alpha value is -1.18. The van der Waals surface area contributed by atoms with Crippen LogP contribution in [-0.2, 0) is 10.2 Å². The fourth-order valence-electron chi connectivity index (χ4n) is 2.32. The summed E-state index contributed by atoms with van der Waals surface area (Å²) in [5.41, 5.74) is 6.43. The molecule has 0 saturated carbocycles. The summed E-state index contributed by atoms with van der Waals surface area (Å²) in [5, 5.41) is 0. The van der Waals surface area contributed by atoms with Crippen molar-refractivity contribution in [2.75, 3.05) is 17.8 Å². The Morgan fingerprint density at radius 1 is 1.47 bits per heavy atom. The molecule has 3 N–H and O–H groups in total. The zero-order chi connectivity index (χ0) is 13.9. The second-order valence-corrected chi connectivity index (χ2v) is 6.39. The molecule has 0 spiro atoms. The van der Waals surface area contributed by atoms with Crippen molar-refractivity contribution >= 4 is 16.0 Å². The highest BCUT2D eigenvalue weighted by atomic mass is 32.2. The predicted molar refractivity (Wildman–Crippen MR) is 74.9 cm³/mol. The number of nitrogens with two attached hydrogens (primary N) is 1. The van der Waals surface area contributed by atoms with Gasteiger partial charge in [0.15, 0.2) is 0 Å². The van der Waals surface area contributed by atoms with E-state index in [1.54, 1.807) is 12.1 Å². The second kappa shape index (κ2) is 5.85. The molecule has 1 aromatic rings. The Morgan fingerprint density at radius 3 is 2.95 bits per heavy atom. The molecule has 0 aromatic carbocycles. The van der Waals surface area contributed by atoms with Gasteiger partial charge in [0.25, 0.3) is 0 Å². The summed E-state index contributed by atoms with van der Waals surface area (Å²) in [4.78, 5) is 4.16. The van der Waals surface area contributed by atoms with E-state index in [0.29, 0.717) is 18.9 Å². The molecular formula is C12H20N4O2S. The van der Waals surface area contributed by atoms with E-state index in [2.05, 4.69) is 9.71 Å². The van der Waals surface area contributed by atoms with E-state index in [1.807, 2.05) is 13.0 Å². The average molecular weight is 284 g/mol. The maximum absolute atomic E-state index is 12.4. The van der Waals surface area contributed by atoms with E-state index in [0.717, 1.165) is 25.0 Å². The van der Waals surface area contributed by atoms with Crippen LogP contribution < -0.4 is 10.5 Å². The fourth-order valence-corrected chi connectivity index (χ4v) is 3.77. The van der Waals surface area contributed by atoms with E-state index in [1.165, 1.54) is 4.31 Å². The minimum atomic E-state index is -3.57. The summed E-state index contributed by atoms with van der Waals surface area (Å²) in [6.07, 6.45) is 2.72. The Balaban J connectivity index is 2.17. The van der Waals surface area contributed by atoms with Gasteiger partial charge in [-0.2, -0.15) is 12.7 Å². The van der Waals surface area contributed by atoms with Gasteiger partial charge in [0.05, 0.1) is 0 Å². The molecule has 1 atom stereocenters. The maximum atomic E-state index is 12.4. The number of nitrogens with one attached hydrogen (secondary N) is 1. The highest BCUT2D eigenvalue weighted by Gasteiger charge is 2.31. The molecule has 19 heavy (non-hydrogen) atoms. The Bertz CT molecular complexity index is 532. The molecule has 1 aliphatic heterocycles. The zero-order valence-electron chi connectivity index (χ0n) is 11.0. The molecule has 1 saturated heterocycles. The third-order valence-corrected chi connectivity index (χ3v) is 4.84. The molecule has 0 amide bonds. The van der Waals surface area contributed by atoms with Crippen LogP contribution in [0, 0.1) is 6.92 Å². The van der Waals surface area contributed by atoms with Crippen molar-refractivity contribution in [1.29, 1.82) is 0 Å². The number of aryl methyl sites for hydroxylation is 1. The zero-order valence-corrected chi connectivity index (χ0v) is 11.9. The summed E-state index contributed by atoms with van der Waals surface area (Å²) >= 11 is 0. The van der Waals surface area contributed by atoms with E-state index >= 15 is 0 Å². The van der Waals surface area contributed by atoms with Crippen molar-refractivity contribution in [3.63, 3.8) is 0 Å². The molecule has 0 bridgehead atoms. The molecule has 0 aliphatic carbocycles. The van der Waals surface area contributed by atoms with Gasteiger partial charge in [0, 0.05) is 24.8 Å². The van der Waals surface area contributed by atoms with E-state index in [4.69, 9.17) is 5.73 Å². The molecular weight excluding hydrogens is 264 g/mol. The molecule has 7 heteroatoms. The standard InChI is InChI=1S/C12H20N4O2S/c1-10-5-4-7-12(14-10)15-19(17,18)16-8-3-2-6-11(16)9-13/h4-5,7,11H,2-3,6,8-9,13H2,1H3,(H,14,15). The minimum Gasteiger partial charge on any atom is -0.329 e. The third kappa shape index (κ3) is 3.43. The lowest BCUT2D eigenvalue weighted by Crippen LogP contribution is -2.49. The van der Waals surface area contributed by atoms with Gasteiger partial charge in [-0.05, 0) is 31.9 Å². The van der Waals surface area contributed by atoms with Crippen LogP contribution in [0.2, 0.25) is 0 Å². The maximum Gasteiger partial charge on any atom is 0.303 e. The number of pyridine rings is 1. The normalized spacial score (nSPS) is 21.3. The van der Waals surface area contributed by atoms with Gasteiger partial charge < -0.3 is 5.73 Å². The van der Waals surface area contributed by atoms with Crippen LogP contribution in [0.4, 0.5) is 5.82 Å². The quantitative estimate of drug-likeness (QED) is 0.858. The van der Waals surface area contributed by atoms with Crippen LogP contribution in [0.1, 0.15) is 25.0 Å². The molecule has 1 aliphatic rings. The lowest BCUT2D eigenvalue weighted by Gasteiger charge is -2.33. The van der Waals surface area contributed by atoms with Crippen LogP contribution in [0.5, 0.6) is 0 Å². The Morgan fingerprint density at radius 2 is 2.26 bits per heavy atom. The Labute approximate surface area is 114 Å². The highest BCUT2D eigenvalue weighted by Crippen LogP contribution is 2.20. The molecule has 2 rings (SSSR count). The van der Waals surface area contributed by atoms with Crippen molar-refractivity contribution in [3.05, 3.63) is 23.9 Å². The van der Waals surface area contributed by atoms with Crippen LogP contribution in [-0.4, -0.2) is 36.8 Å². The number of nitrogens with zero attached hydrogens (tertiary/aromatic N) is 2. The first-order chi connectivity index (χ1) is 9.03. The van der Waals surface area contributed by atoms with Crippen LogP contribution in [0.3, 0.4) is 0 Å². The van der Waals surface area contributed by atoms with Crippen molar-refractivity contribution in [2.45, 2.75) is 32.2 Å². The smallest absolute Gasteiger partial charge is 0.303 e. The van der Waals surface area contributed by atoms with E-state index < -0.39 is 10.2 Å². The second-order valence-electron chi connectivity index (χ2n) is 4.77. The van der Waals surface area contributed by atoms with Gasteiger partial charge in [0.2, 0.25) is 0 Å². The summed E-state index contributed by atoms with van der Waals surface area (Å²) in [6.45, 7) is 2.69. The molecule has 0 radical (unpaired) electrons. The first-order valence-electron chi connectivity index (χ1n) is 6.46. The molecule has 106 valence electrons. The Kier molecular flexibility index (Phi) is 4.38. The number of hydrogen-bond acceptors (Lipinski definition) is 4. The highest BCUT2D eigenvalue weighted by molar-refractivity contribution is 7.90. The minimum absolute atomic E-state index is 0.115. The lowest BCUT2D eigenvalue weighted by molar-refractivity contribution is 0.259. The van der Waals surface area contributed by atoms with Gasteiger partial charge in [-0.25, -0.2) is 4.98 Å². The molecule has 6 nitrogen and oxygen atoms in total. The van der Waals surface area contributed by atoms with Crippen LogP contribution >= 0.6 is 0 Å². The fraction of sp³-hybridized carbons (Fsp3) is 0.583. The average Bonchev–Trinajstić information content (AvgIpc) is 2.38. The van der Waals surface area contributed by atoms with Crippen molar-refractivity contribution in [1.82, 2.24) is 9.29 Å². The molecule has 1 aromatic heterocycles. The predicted octanol–water partition coefficient (Wildman–Crippen LogP) is 0.860. The number of hydrogen-bond donors (Lipinski definition) is 2. The SMILES string of the molecule is Cc1cccc(NS(=O)(=O)N2CCCCC2CN)n1. The van der Waals surface area contributed by atoms with E-state index in [-0.39, 0.29) is 6.04 Å². The van der Waals surface area contributed by atoms with Crippen molar-refractivity contribution < 1.29 is 8.42 Å². The van der Waals surface area contributed by atoms with Gasteiger partial charge in [-0.15, -0.1) is 0 Å². The third-order valence-electron chi connectivity index (χ3n) is 3.28. The first kappa shape index (κ1) is 14.2. The van der Waals surface area contributed by atoms with Gasteiger partial charge in [-0.3, -0.25) is 4.72 Å². The van der Waals surface area contributed by atoms with Crippen molar-refractivity contribution in [3.8, 4) is 0 Å². The van der Waals surface area contributed by atoms with Gasteiger partial charge in [-0.1, -0.05) is 12.5 Å². The molecule has 1 fully saturated rings. The number of anilines is 1. The van der Waals surface area contributed by atoms with Crippen LogP contribution in [0.15, 0.2) is 18.2 Å². The lowest BCUT2D eigenvalue weighted by atomic mass is 10.1. The number of rotatable bonds is 4. The summed E-state index contributed by atoms with van der Waals surface area (Å²) < 4.78 is 28.7. The number of piperidine rings is 1. The summed E-state index contributed by atoms with van der Waals surface area (Å²) in [5.74, 6) is 0.348. The molecule has 2 heterocycles. The van der Waals surface area contributed by atoms with Gasteiger partial charge in [0.1, 0.15) is 5.82 Å². The van der Waals surface area contributed by atoms with Crippen LogP contribution in [0.25, 0.3) is 0 Å². The largest absolute Gasteiger partial charge is 0.329 e. The van der Waals surface area contributed by atoms with Crippen molar-refractivity contribution in [2.24, 2.45) is 5.73 Å². The topological polar surface area (TPSA) is 88.3 Å². The molecule has 1 unspecified atom stereocenters.